The number of aliphatic hydroxyl groups excluding tert-OH is 8. The van der Waals surface area contributed by atoms with Crippen LogP contribution in [-0.4, -0.2) is 109 Å². The zero-order valence-electron chi connectivity index (χ0n) is 10.9. The van der Waals surface area contributed by atoms with E-state index < -0.39 is 67.8 Å². The number of hydrogen-bond donors (Lipinski definition) is 8. The molecule has 1 saturated carbocycles. The van der Waals surface area contributed by atoms with Gasteiger partial charge in [-0.2, -0.15) is 0 Å². The third-order valence-corrected chi connectivity index (χ3v) is 3.86. The van der Waals surface area contributed by atoms with Crippen LogP contribution in [-0.2, 0) is 9.47 Å². The summed E-state index contributed by atoms with van der Waals surface area (Å²) in [5.41, 5.74) is 0. The molecule has 8 N–H and O–H groups in total. The highest BCUT2D eigenvalue weighted by atomic mass is 16.7. The van der Waals surface area contributed by atoms with Gasteiger partial charge in [0, 0.05) is 0 Å². The Morgan fingerprint density at radius 2 is 1.14 bits per heavy atom. The molecule has 1 heterocycles. The highest BCUT2D eigenvalue weighted by Gasteiger charge is 2.52. The minimum absolute atomic E-state index is 0.585. The van der Waals surface area contributed by atoms with Gasteiger partial charge in [0.05, 0.1) is 6.61 Å². The molecule has 1 saturated heterocycles. The van der Waals surface area contributed by atoms with E-state index in [1.54, 1.807) is 0 Å². The van der Waals surface area contributed by atoms with Crippen molar-refractivity contribution in [3.63, 3.8) is 0 Å². The minimum Gasteiger partial charge on any atom is -0.394 e. The van der Waals surface area contributed by atoms with Gasteiger partial charge < -0.3 is 50.3 Å². The molecule has 124 valence electrons. The summed E-state index contributed by atoms with van der Waals surface area (Å²) in [6.07, 6.45) is -16.0. The summed E-state index contributed by atoms with van der Waals surface area (Å²) in [7, 11) is 0. The topological polar surface area (TPSA) is 180 Å². The summed E-state index contributed by atoms with van der Waals surface area (Å²) in [4.78, 5) is 0. The van der Waals surface area contributed by atoms with Crippen LogP contribution in [0.4, 0.5) is 0 Å². The molecular formula is C11H20O10. The second-order valence-electron chi connectivity index (χ2n) is 5.26. The smallest absolute Gasteiger partial charge is 0.187 e. The number of ether oxygens (including phenoxy) is 2. The average Bonchev–Trinajstić information content (AvgIpc) is 2.75. The molecule has 2 rings (SSSR count). The van der Waals surface area contributed by atoms with Gasteiger partial charge in [0.1, 0.15) is 54.9 Å². The summed E-state index contributed by atoms with van der Waals surface area (Å²) in [6, 6.07) is 0. The second kappa shape index (κ2) is 6.38. The Hall–Kier alpha value is -0.400. The minimum atomic E-state index is -1.77. The Kier molecular flexibility index (Phi) is 5.15. The van der Waals surface area contributed by atoms with Crippen molar-refractivity contribution in [3.8, 4) is 0 Å². The van der Waals surface area contributed by atoms with Crippen LogP contribution in [0.15, 0.2) is 0 Å². The molecule has 0 amide bonds. The Morgan fingerprint density at radius 3 is 1.57 bits per heavy atom. The van der Waals surface area contributed by atoms with Crippen LogP contribution in [0.2, 0.25) is 0 Å². The average molecular weight is 312 g/mol. The molecule has 21 heavy (non-hydrogen) atoms. The van der Waals surface area contributed by atoms with E-state index in [2.05, 4.69) is 0 Å². The van der Waals surface area contributed by atoms with Crippen LogP contribution in [0.5, 0.6) is 0 Å². The van der Waals surface area contributed by atoms with E-state index in [4.69, 9.17) is 14.6 Å². The van der Waals surface area contributed by atoms with Crippen molar-refractivity contribution in [1.82, 2.24) is 0 Å². The monoisotopic (exact) mass is 312 g/mol. The molecule has 2 fully saturated rings. The lowest BCUT2D eigenvalue weighted by Gasteiger charge is -2.42. The quantitative estimate of drug-likeness (QED) is 0.250. The molecule has 0 radical (unpaired) electrons. The van der Waals surface area contributed by atoms with E-state index in [0.29, 0.717) is 0 Å². The van der Waals surface area contributed by atoms with Gasteiger partial charge in [-0.3, -0.25) is 0 Å². The molecule has 8 atom stereocenters. The molecule has 10 nitrogen and oxygen atoms in total. The first-order chi connectivity index (χ1) is 9.79. The van der Waals surface area contributed by atoms with Crippen molar-refractivity contribution in [2.24, 2.45) is 0 Å². The highest BCUT2D eigenvalue weighted by Crippen LogP contribution is 2.29. The first-order valence-corrected chi connectivity index (χ1v) is 6.47. The normalized spacial score (nSPS) is 54.9. The molecule has 1 aliphatic carbocycles. The van der Waals surface area contributed by atoms with Crippen LogP contribution in [0, 0.1) is 0 Å². The van der Waals surface area contributed by atoms with Gasteiger partial charge in [0.25, 0.3) is 0 Å². The number of rotatable bonds is 3. The Bertz CT molecular complexity index is 338. The third-order valence-electron chi connectivity index (χ3n) is 3.86. The molecule has 0 aromatic heterocycles. The molecule has 10 heteroatoms. The fourth-order valence-corrected chi connectivity index (χ4v) is 2.49. The molecule has 0 aromatic rings. The van der Waals surface area contributed by atoms with Crippen molar-refractivity contribution in [2.45, 2.75) is 61.2 Å². The van der Waals surface area contributed by atoms with Crippen LogP contribution in [0.25, 0.3) is 0 Å². The van der Waals surface area contributed by atoms with E-state index in [1.165, 1.54) is 0 Å². The third kappa shape index (κ3) is 2.92. The second-order valence-corrected chi connectivity index (χ2v) is 5.26. The maximum atomic E-state index is 9.78. The first kappa shape index (κ1) is 17.0. The fraction of sp³-hybridized carbons (Fsp3) is 1.00. The van der Waals surface area contributed by atoms with Gasteiger partial charge in [-0.1, -0.05) is 0 Å². The summed E-state index contributed by atoms with van der Waals surface area (Å²) in [6.45, 7) is -0.585. The molecular weight excluding hydrogens is 292 g/mol. The number of aliphatic hydroxyl groups is 8. The largest absolute Gasteiger partial charge is 0.394 e. The van der Waals surface area contributed by atoms with Crippen LogP contribution < -0.4 is 0 Å². The van der Waals surface area contributed by atoms with E-state index in [9.17, 15) is 35.7 Å². The Balaban J connectivity index is 2.08. The summed E-state index contributed by atoms with van der Waals surface area (Å²) < 4.78 is 10.1. The maximum absolute atomic E-state index is 9.78. The highest BCUT2D eigenvalue weighted by molar-refractivity contribution is 5.00. The molecule has 0 spiro atoms. The maximum Gasteiger partial charge on any atom is 0.187 e. The van der Waals surface area contributed by atoms with Crippen molar-refractivity contribution in [1.29, 1.82) is 0 Å². The van der Waals surface area contributed by atoms with E-state index >= 15 is 0 Å². The standard InChI is InChI=1S/C11H20O10/c12-1-2-3(13)9(19)11(20-2)21-10-7(17)5(15)4(14)6(16)8(10)18/h2-19H,1H2/t2-,3-,4?,5?,6?,7?,8?,9+,10?,11?/m1/s1. The SMILES string of the molecule is OC[C@H]1OC(OC2C(O)C(O)C(O)C(O)C2O)[C@@H](O)[C@@H]1O. The van der Waals surface area contributed by atoms with Gasteiger partial charge in [0.2, 0.25) is 0 Å². The zero-order chi connectivity index (χ0) is 15.9. The summed E-state index contributed by atoms with van der Waals surface area (Å²) in [5, 5.41) is 76.3. The summed E-state index contributed by atoms with van der Waals surface area (Å²) >= 11 is 0. The lowest BCUT2D eigenvalue weighted by atomic mass is 9.85. The Morgan fingerprint density at radius 1 is 0.667 bits per heavy atom. The zero-order valence-corrected chi connectivity index (χ0v) is 10.9. The molecule has 0 aromatic carbocycles. The summed E-state index contributed by atoms with van der Waals surface area (Å²) in [5.74, 6) is 0. The van der Waals surface area contributed by atoms with Crippen molar-refractivity contribution in [3.05, 3.63) is 0 Å². The van der Waals surface area contributed by atoms with Crippen LogP contribution in [0.1, 0.15) is 0 Å². The molecule has 5 unspecified atom stereocenters. The lowest BCUT2D eigenvalue weighted by Crippen LogP contribution is -2.65. The van der Waals surface area contributed by atoms with Gasteiger partial charge in [-0.25, -0.2) is 0 Å². The first-order valence-electron chi connectivity index (χ1n) is 6.47. The van der Waals surface area contributed by atoms with Gasteiger partial charge in [-0.15, -0.1) is 0 Å². The Labute approximate surface area is 119 Å². The van der Waals surface area contributed by atoms with Crippen LogP contribution >= 0.6 is 0 Å². The molecule has 0 bridgehead atoms. The predicted molar refractivity (Wildman–Crippen MR) is 62.7 cm³/mol. The van der Waals surface area contributed by atoms with Gasteiger partial charge >= 0.3 is 0 Å². The van der Waals surface area contributed by atoms with Gasteiger partial charge in [-0.05, 0) is 0 Å². The fourth-order valence-electron chi connectivity index (χ4n) is 2.49. The van der Waals surface area contributed by atoms with Crippen molar-refractivity contribution < 1.29 is 50.3 Å². The van der Waals surface area contributed by atoms with Crippen molar-refractivity contribution >= 4 is 0 Å². The van der Waals surface area contributed by atoms with E-state index in [0.717, 1.165) is 0 Å². The van der Waals surface area contributed by atoms with E-state index in [1.807, 2.05) is 0 Å². The predicted octanol–water partition coefficient (Wildman–Crippen LogP) is -5.37. The number of hydrogen-bond acceptors (Lipinski definition) is 10. The van der Waals surface area contributed by atoms with Crippen molar-refractivity contribution in [2.75, 3.05) is 6.61 Å². The van der Waals surface area contributed by atoms with Crippen LogP contribution in [0.3, 0.4) is 0 Å². The van der Waals surface area contributed by atoms with Gasteiger partial charge in [0.15, 0.2) is 6.29 Å². The molecule has 1 aliphatic heterocycles. The molecule has 2 aliphatic rings. The van der Waals surface area contributed by atoms with E-state index in [-0.39, 0.29) is 0 Å². The lowest BCUT2D eigenvalue weighted by molar-refractivity contribution is -0.282.